The van der Waals surface area contributed by atoms with Crippen LogP contribution in [-0.2, 0) is 11.3 Å². The number of aryl methyl sites for hydroxylation is 2. The maximum Gasteiger partial charge on any atom is 0.231 e. The van der Waals surface area contributed by atoms with Crippen molar-refractivity contribution in [3.63, 3.8) is 0 Å². The first-order chi connectivity index (χ1) is 7.88. The van der Waals surface area contributed by atoms with Crippen molar-refractivity contribution in [3.8, 4) is 0 Å². The highest BCUT2D eigenvalue weighted by Gasteiger charge is 2.12. The lowest BCUT2D eigenvalue weighted by molar-refractivity contribution is -0.119. The molecule has 0 aliphatic carbocycles. The van der Waals surface area contributed by atoms with Crippen molar-refractivity contribution >= 4 is 5.91 Å². The third kappa shape index (κ3) is 4.57. The van der Waals surface area contributed by atoms with E-state index in [1.165, 1.54) is 16.7 Å². The zero-order chi connectivity index (χ0) is 13.0. The van der Waals surface area contributed by atoms with Gasteiger partial charge in [-0.25, -0.2) is 0 Å². The van der Waals surface area contributed by atoms with Crippen LogP contribution in [0.3, 0.4) is 0 Å². The van der Waals surface area contributed by atoms with E-state index in [2.05, 4.69) is 50.8 Å². The van der Waals surface area contributed by atoms with Crippen LogP contribution in [0, 0.1) is 13.8 Å². The van der Waals surface area contributed by atoms with E-state index in [0.717, 1.165) is 6.54 Å². The van der Waals surface area contributed by atoms with Crippen LogP contribution in [0.2, 0.25) is 0 Å². The molecule has 0 heterocycles. The van der Waals surface area contributed by atoms with Crippen molar-refractivity contribution in [1.29, 1.82) is 0 Å². The molecule has 0 radical (unpaired) electrons. The fourth-order valence-corrected chi connectivity index (χ4v) is 2.02. The average molecular weight is 234 g/mol. The lowest BCUT2D eigenvalue weighted by Gasteiger charge is -2.25. The first-order valence-corrected chi connectivity index (χ1v) is 5.98. The summed E-state index contributed by atoms with van der Waals surface area (Å²) in [5.41, 5.74) is 9.00. The molecule has 0 saturated heterocycles. The zero-order valence-corrected chi connectivity index (χ0v) is 11.2. The molecule has 1 rings (SSSR count). The van der Waals surface area contributed by atoms with Gasteiger partial charge in [-0.3, -0.25) is 9.69 Å². The van der Waals surface area contributed by atoms with E-state index in [1.54, 1.807) is 0 Å². The van der Waals surface area contributed by atoms with E-state index in [-0.39, 0.29) is 5.91 Å². The zero-order valence-electron chi connectivity index (χ0n) is 11.2. The summed E-state index contributed by atoms with van der Waals surface area (Å²) in [5, 5.41) is 0. The third-order valence-corrected chi connectivity index (χ3v) is 2.76. The van der Waals surface area contributed by atoms with Gasteiger partial charge in [-0.1, -0.05) is 29.3 Å². The Balaban J connectivity index is 2.81. The molecule has 0 aromatic heterocycles. The molecule has 0 saturated carbocycles. The number of carbonyl (C=O) groups excluding carboxylic acids is 1. The summed E-state index contributed by atoms with van der Waals surface area (Å²) in [6, 6.07) is 6.77. The van der Waals surface area contributed by atoms with Gasteiger partial charge >= 0.3 is 0 Å². The summed E-state index contributed by atoms with van der Waals surface area (Å²) >= 11 is 0. The second-order valence-corrected chi connectivity index (χ2v) is 4.96. The van der Waals surface area contributed by atoms with Gasteiger partial charge in [0, 0.05) is 12.6 Å². The Hall–Kier alpha value is -1.35. The Morgan fingerprint density at radius 1 is 1.24 bits per heavy atom. The molecule has 0 atom stereocenters. The molecule has 3 heteroatoms. The molecule has 0 unspecified atom stereocenters. The summed E-state index contributed by atoms with van der Waals surface area (Å²) in [7, 11) is 0. The van der Waals surface area contributed by atoms with Crippen molar-refractivity contribution in [2.24, 2.45) is 5.73 Å². The topological polar surface area (TPSA) is 46.3 Å². The lowest BCUT2D eigenvalue weighted by Crippen LogP contribution is -2.37. The number of rotatable bonds is 5. The molecule has 0 fully saturated rings. The smallest absolute Gasteiger partial charge is 0.231 e. The van der Waals surface area contributed by atoms with Crippen LogP contribution < -0.4 is 5.73 Å². The average Bonchev–Trinajstić information content (AvgIpc) is 2.13. The molecule has 0 bridgehead atoms. The van der Waals surface area contributed by atoms with Crippen LogP contribution in [0.25, 0.3) is 0 Å². The molecule has 1 aromatic rings. The van der Waals surface area contributed by atoms with Crippen LogP contribution >= 0.6 is 0 Å². The summed E-state index contributed by atoms with van der Waals surface area (Å²) < 4.78 is 0. The van der Waals surface area contributed by atoms with E-state index >= 15 is 0 Å². The highest BCUT2D eigenvalue weighted by Crippen LogP contribution is 2.12. The summed E-state index contributed by atoms with van der Waals surface area (Å²) in [6.07, 6.45) is 0. The van der Waals surface area contributed by atoms with Gasteiger partial charge in [0.25, 0.3) is 0 Å². The molecule has 0 aliphatic heterocycles. The number of hydrogen-bond donors (Lipinski definition) is 1. The Morgan fingerprint density at radius 3 is 2.18 bits per heavy atom. The van der Waals surface area contributed by atoms with E-state index in [0.29, 0.717) is 12.6 Å². The van der Waals surface area contributed by atoms with Crippen molar-refractivity contribution in [1.82, 2.24) is 4.90 Å². The van der Waals surface area contributed by atoms with Crippen molar-refractivity contribution in [3.05, 3.63) is 34.9 Å². The van der Waals surface area contributed by atoms with Crippen LogP contribution in [0.5, 0.6) is 0 Å². The van der Waals surface area contributed by atoms with Gasteiger partial charge in [-0.2, -0.15) is 0 Å². The van der Waals surface area contributed by atoms with Gasteiger partial charge in [0.1, 0.15) is 0 Å². The minimum Gasteiger partial charge on any atom is -0.369 e. The van der Waals surface area contributed by atoms with Gasteiger partial charge in [0.15, 0.2) is 0 Å². The molecule has 0 spiro atoms. The molecule has 1 amide bonds. The number of benzene rings is 1. The van der Waals surface area contributed by atoms with E-state index in [1.807, 2.05) is 0 Å². The first kappa shape index (κ1) is 13.7. The lowest BCUT2D eigenvalue weighted by atomic mass is 10.1. The number of nitrogens with zero attached hydrogens (tertiary/aromatic N) is 1. The highest BCUT2D eigenvalue weighted by molar-refractivity contribution is 5.75. The predicted octanol–water partition coefficient (Wildman–Crippen LogP) is 2.00. The van der Waals surface area contributed by atoms with Crippen molar-refractivity contribution < 1.29 is 4.79 Å². The molecule has 94 valence electrons. The van der Waals surface area contributed by atoms with Crippen LogP contribution in [0.15, 0.2) is 18.2 Å². The van der Waals surface area contributed by atoms with E-state index in [4.69, 9.17) is 5.73 Å². The third-order valence-electron chi connectivity index (χ3n) is 2.76. The second kappa shape index (κ2) is 5.82. The van der Waals surface area contributed by atoms with Crippen LogP contribution in [-0.4, -0.2) is 23.4 Å². The van der Waals surface area contributed by atoms with Gasteiger partial charge < -0.3 is 5.73 Å². The van der Waals surface area contributed by atoms with Gasteiger partial charge in [0.05, 0.1) is 6.54 Å². The van der Waals surface area contributed by atoms with Crippen LogP contribution in [0.1, 0.15) is 30.5 Å². The summed E-state index contributed by atoms with van der Waals surface area (Å²) in [4.78, 5) is 13.1. The minimum absolute atomic E-state index is 0.275. The number of hydrogen-bond acceptors (Lipinski definition) is 2. The molecular weight excluding hydrogens is 212 g/mol. The van der Waals surface area contributed by atoms with E-state index < -0.39 is 0 Å². The minimum atomic E-state index is -0.275. The predicted molar refractivity (Wildman–Crippen MR) is 70.7 cm³/mol. The second-order valence-electron chi connectivity index (χ2n) is 4.96. The first-order valence-electron chi connectivity index (χ1n) is 5.98. The Kier molecular flexibility index (Phi) is 4.70. The summed E-state index contributed by atoms with van der Waals surface area (Å²) in [5.74, 6) is -0.275. The molecule has 2 N–H and O–H groups in total. The Labute approximate surface area is 104 Å². The fourth-order valence-electron chi connectivity index (χ4n) is 2.02. The molecular formula is C14H22N2O. The monoisotopic (exact) mass is 234 g/mol. The van der Waals surface area contributed by atoms with Gasteiger partial charge in [-0.05, 0) is 33.3 Å². The van der Waals surface area contributed by atoms with Gasteiger partial charge in [0.2, 0.25) is 5.91 Å². The number of primary amides is 1. The quantitative estimate of drug-likeness (QED) is 0.847. The Bertz CT molecular complexity index is 379. The van der Waals surface area contributed by atoms with Crippen LogP contribution in [0.4, 0.5) is 0 Å². The fraction of sp³-hybridized carbons (Fsp3) is 0.500. The molecule has 0 aliphatic rings. The maximum atomic E-state index is 11.0. The number of nitrogens with two attached hydrogens (primary N) is 1. The standard InChI is InChI=1S/C14H22N2O/c1-10(2)16(9-14(15)17)8-13-6-11(3)5-12(4)7-13/h5-7,10H,8-9H2,1-4H3,(H2,15,17). The number of amides is 1. The maximum absolute atomic E-state index is 11.0. The highest BCUT2D eigenvalue weighted by atomic mass is 16.1. The normalized spacial score (nSPS) is 11.2. The van der Waals surface area contributed by atoms with E-state index in [9.17, 15) is 4.79 Å². The molecule has 1 aromatic carbocycles. The SMILES string of the molecule is Cc1cc(C)cc(CN(CC(N)=O)C(C)C)c1. The Morgan fingerprint density at radius 2 is 1.76 bits per heavy atom. The van der Waals surface area contributed by atoms with Crippen molar-refractivity contribution in [2.45, 2.75) is 40.3 Å². The van der Waals surface area contributed by atoms with Gasteiger partial charge in [-0.15, -0.1) is 0 Å². The number of carbonyl (C=O) groups is 1. The van der Waals surface area contributed by atoms with Crippen molar-refractivity contribution in [2.75, 3.05) is 6.54 Å². The summed E-state index contributed by atoms with van der Waals surface area (Å²) in [6.45, 7) is 9.40. The largest absolute Gasteiger partial charge is 0.369 e. The molecule has 17 heavy (non-hydrogen) atoms. The molecule has 3 nitrogen and oxygen atoms in total.